The highest BCUT2D eigenvalue weighted by Crippen LogP contribution is 2.34. The zero-order valence-electron chi connectivity index (χ0n) is 9.79. The average molecular weight is 255 g/mol. The highest BCUT2D eigenvalue weighted by molar-refractivity contribution is 6.04. The number of nitro groups is 1. The van der Waals surface area contributed by atoms with Crippen LogP contribution in [0, 0.1) is 10.1 Å². The molecule has 0 fully saturated rings. The molecule has 19 heavy (non-hydrogen) atoms. The van der Waals surface area contributed by atoms with Gasteiger partial charge in [0, 0.05) is 25.0 Å². The first-order valence-electron chi connectivity index (χ1n) is 5.67. The van der Waals surface area contributed by atoms with Gasteiger partial charge in [0.05, 0.1) is 4.92 Å². The van der Waals surface area contributed by atoms with Crippen LogP contribution in [0.2, 0.25) is 0 Å². The van der Waals surface area contributed by atoms with Crippen LogP contribution >= 0.6 is 0 Å². The predicted molar refractivity (Wildman–Crippen MR) is 67.5 cm³/mol. The van der Waals surface area contributed by atoms with Gasteiger partial charge in [-0.2, -0.15) is 0 Å². The first kappa shape index (κ1) is 11.3. The Balaban J connectivity index is 2.26. The maximum atomic E-state index is 11.7. The number of carbonyl (C=O) groups is 1. The van der Waals surface area contributed by atoms with Crippen LogP contribution in [0.1, 0.15) is 15.9 Å². The molecule has 6 heteroatoms. The zero-order valence-corrected chi connectivity index (χ0v) is 9.79. The van der Waals surface area contributed by atoms with Crippen LogP contribution in [0.25, 0.3) is 11.1 Å². The van der Waals surface area contributed by atoms with E-state index >= 15 is 0 Å². The van der Waals surface area contributed by atoms with Crippen LogP contribution in [0.3, 0.4) is 0 Å². The lowest BCUT2D eigenvalue weighted by molar-refractivity contribution is -0.385. The number of nitrogens with one attached hydrogen (secondary N) is 1. The molecule has 1 aromatic carbocycles. The number of carbonyl (C=O) groups excluding carboxylic acids is 1. The Labute approximate surface area is 108 Å². The molecule has 2 heterocycles. The van der Waals surface area contributed by atoms with Crippen LogP contribution in [0.4, 0.5) is 5.69 Å². The van der Waals surface area contributed by atoms with E-state index in [1.165, 1.54) is 6.07 Å². The van der Waals surface area contributed by atoms with Gasteiger partial charge in [-0.15, -0.1) is 0 Å². The number of nitrogens with zero attached hydrogens (tertiary/aromatic N) is 2. The number of pyridine rings is 1. The predicted octanol–water partition coefficient (Wildman–Crippen LogP) is 1.90. The van der Waals surface area contributed by atoms with Gasteiger partial charge < -0.3 is 5.32 Å². The molecular formula is C13H9N3O3. The van der Waals surface area contributed by atoms with E-state index in [2.05, 4.69) is 10.3 Å². The van der Waals surface area contributed by atoms with Gasteiger partial charge in [0.2, 0.25) is 0 Å². The summed E-state index contributed by atoms with van der Waals surface area (Å²) in [7, 11) is 0. The molecule has 0 bridgehead atoms. The molecule has 1 aromatic heterocycles. The minimum absolute atomic E-state index is 0.150. The van der Waals surface area contributed by atoms with Crippen LogP contribution in [0.5, 0.6) is 0 Å². The molecule has 1 aliphatic heterocycles. The van der Waals surface area contributed by atoms with Crippen LogP contribution < -0.4 is 5.32 Å². The molecule has 6 nitrogen and oxygen atoms in total. The maximum absolute atomic E-state index is 11.7. The Morgan fingerprint density at radius 3 is 2.63 bits per heavy atom. The lowest BCUT2D eigenvalue weighted by Crippen LogP contribution is -2.13. The molecule has 3 rings (SSSR count). The third-order valence-corrected chi connectivity index (χ3v) is 3.13. The molecular weight excluding hydrogens is 246 g/mol. The molecule has 94 valence electrons. The number of nitro benzene ring substituents is 1. The van der Waals surface area contributed by atoms with E-state index in [1.807, 2.05) is 12.1 Å². The van der Waals surface area contributed by atoms with Crippen LogP contribution in [-0.2, 0) is 6.54 Å². The van der Waals surface area contributed by atoms with E-state index in [0.29, 0.717) is 12.1 Å². The van der Waals surface area contributed by atoms with E-state index in [4.69, 9.17) is 0 Å². The van der Waals surface area contributed by atoms with Crippen molar-refractivity contribution >= 4 is 11.6 Å². The summed E-state index contributed by atoms with van der Waals surface area (Å²) in [5.74, 6) is -0.391. The fourth-order valence-corrected chi connectivity index (χ4v) is 2.28. The topological polar surface area (TPSA) is 85.1 Å². The molecule has 0 unspecified atom stereocenters. The van der Waals surface area contributed by atoms with Gasteiger partial charge in [-0.3, -0.25) is 19.9 Å². The number of aromatic nitrogens is 1. The highest BCUT2D eigenvalue weighted by atomic mass is 16.6. The second kappa shape index (κ2) is 4.16. The monoisotopic (exact) mass is 255 g/mol. The number of benzene rings is 1. The molecule has 0 radical (unpaired) electrons. The summed E-state index contributed by atoms with van der Waals surface area (Å²) in [6.07, 6.45) is 3.29. The number of rotatable bonds is 2. The largest absolute Gasteiger partial charge is 0.348 e. The molecule has 1 amide bonds. The van der Waals surface area contributed by atoms with Crippen molar-refractivity contribution in [2.24, 2.45) is 0 Å². The fraction of sp³-hybridized carbons (Fsp3) is 0.0769. The van der Waals surface area contributed by atoms with Crippen molar-refractivity contribution in [3.05, 3.63) is 57.9 Å². The molecule has 2 aromatic rings. The zero-order chi connectivity index (χ0) is 13.4. The van der Waals surface area contributed by atoms with E-state index in [0.717, 1.165) is 11.1 Å². The third kappa shape index (κ3) is 1.74. The van der Waals surface area contributed by atoms with Gasteiger partial charge in [-0.05, 0) is 34.9 Å². The molecule has 1 N–H and O–H groups in total. The summed E-state index contributed by atoms with van der Waals surface area (Å²) in [4.78, 5) is 26.1. The molecule has 0 aliphatic carbocycles. The number of amides is 1. The van der Waals surface area contributed by atoms with Crippen LogP contribution in [-0.4, -0.2) is 15.8 Å². The minimum Gasteiger partial charge on any atom is -0.348 e. The van der Waals surface area contributed by atoms with Crippen molar-refractivity contribution in [3.8, 4) is 11.1 Å². The summed E-state index contributed by atoms with van der Waals surface area (Å²) >= 11 is 0. The Kier molecular flexibility index (Phi) is 2.49. The van der Waals surface area contributed by atoms with Crippen molar-refractivity contribution < 1.29 is 9.72 Å². The van der Waals surface area contributed by atoms with Gasteiger partial charge in [-0.1, -0.05) is 0 Å². The van der Waals surface area contributed by atoms with Gasteiger partial charge in [0.15, 0.2) is 0 Å². The fourth-order valence-electron chi connectivity index (χ4n) is 2.28. The smallest absolute Gasteiger partial charge is 0.282 e. The lowest BCUT2D eigenvalue weighted by atomic mass is 9.96. The van der Waals surface area contributed by atoms with Gasteiger partial charge in [0.25, 0.3) is 11.6 Å². The maximum Gasteiger partial charge on any atom is 0.282 e. The molecule has 0 saturated carbocycles. The van der Waals surface area contributed by atoms with Crippen molar-refractivity contribution in [1.29, 1.82) is 0 Å². The van der Waals surface area contributed by atoms with Crippen molar-refractivity contribution in [3.63, 3.8) is 0 Å². The Bertz CT molecular complexity index is 683. The first-order chi connectivity index (χ1) is 9.18. The Morgan fingerprint density at radius 1 is 1.21 bits per heavy atom. The van der Waals surface area contributed by atoms with Gasteiger partial charge >= 0.3 is 0 Å². The summed E-state index contributed by atoms with van der Waals surface area (Å²) in [6, 6.07) is 6.67. The van der Waals surface area contributed by atoms with Gasteiger partial charge in [-0.25, -0.2) is 0 Å². The number of hydrogen-bond donors (Lipinski definition) is 1. The normalized spacial score (nSPS) is 12.9. The third-order valence-electron chi connectivity index (χ3n) is 3.13. The lowest BCUT2D eigenvalue weighted by Gasteiger charge is -2.07. The van der Waals surface area contributed by atoms with Crippen LogP contribution in [0.15, 0.2) is 36.7 Å². The molecule has 0 spiro atoms. The number of fused-ring (bicyclic) bond motifs is 1. The summed E-state index contributed by atoms with van der Waals surface area (Å²) < 4.78 is 0. The van der Waals surface area contributed by atoms with E-state index in [-0.39, 0.29) is 11.3 Å². The standard InChI is InChI=1S/C13H9N3O3/c17-13-12-10(7-15-13)9(1-2-11(12)16(18)19)8-3-5-14-6-4-8/h1-6H,7H2,(H,15,17). The van der Waals surface area contributed by atoms with Crippen molar-refractivity contribution in [1.82, 2.24) is 10.3 Å². The second-order valence-electron chi connectivity index (χ2n) is 4.16. The molecule has 0 saturated heterocycles. The van der Waals surface area contributed by atoms with Crippen molar-refractivity contribution in [2.75, 3.05) is 0 Å². The average Bonchev–Trinajstić information content (AvgIpc) is 2.81. The van der Waals surface area contributed by atoms with Crippen molar-refractivity contribution in [2.45, 2.75) is 6.54 Å². The summed E-state index contributed by atoms with van der Waals surface area (Å²) in [5.41, 5.74) is 2.39. The second-order valence-corrected chi connectivity index (χ2v) is 4.16. The molecule has 1 aliphatic rings. The van der Waals surface area contributed by atoms with E-state index in [9.17, 15) is 14.9 Å². The van der Waals surface area contributed by atoms with E-state index in [1.54, 1.807) is 18.5 Å². The summed E-state index contributed by atoms with van der Waals surface area (Å²) in [6.45, 7) is 0.313. The van der Waals surface area contributed by atoms with E-state index < -0.39 is 10.8 Å². The SMILES string of the molecule is O=C1NCc2c(-c3ccncc3)ccc([N+](=O)[O-])c21. The number of hydrogen-bond acceptors (Lipinski definition) is 4. The quantitative estimate of drug-likeness (QED) is 0.656. The Hall–Kier alpha value is -2.76. The minimum atomic E-state index is -0.528. The highest BCUT2D eigenvalue weighted by Gasteiger charge is 2.31. The molecule has 0 atom stereocenters. The Morgan fingerprint density at radius 2 is 1.95 bits per heavy atom. The van der Waals surface area contributed by atoms with Gasteiger partial charge in [0.1, 0.15) is 5.56 Å². The summed E-state index contributed by atoms with van der Waals surface area (Å²) in [5, 5.41) is 13.6. The first-order valence-corrected chi connectivity index (χ1v) is 5.67.